The van der Waals surface area contributed by atoms with E-state index >= 15 is 0 Å². The van der Waals surface area contributed by atoms with Gasteiger partial charge in [0.15, 0.2) is 0 Å². The number of pyridine rings is 1. The van der Waals surface area contributed by atoms with Crippen molar-refractivity contribution < 1.29 is 0 Å². The second kappa shape index (κ2) is 4.97. The Hall–Kier alpha value is -0.880. The van der Waals surface area contributed by atoms with Crippen molar-refractivity contribution in [3.05, 3.63) is 38.7 Å². The molecule has 2 aromatic heterocycles. The first kappa shape index (κ1) is 11.6. The molecule has 0 spiro atoms. The maximum absolute atomic E-state index is 4.27. The molecular formula is C10H10Br2N4. The summed E-state index contributed by atoms with van der Waals surface area (Å²) < 4.78 is 1.88. The summed E-state index contributed by atoms with van der Waals surface area (Å²) in [6.07, 6.45) is 3.57. The third-order valence-electron chi connectivity index (χ3n) is 2.19. The molecular weight excluding hydrogens is 336 g/mol. The summed E-state index contributed by atoms with van der Waals surface area (Å²) >= 11 is 6.81. The first-order valence-electron chi connectivity index (χ1n) is 4.70. The van der Waals surface area contributed by atoms with E-state index in [9.17, 15) is 0 Å². The lowest BCUT2D eigenvalue weighted by molar-refractivity contribution is 1.04. The molecule has 0 aliphatic heterocycles. The van der Waals surface area contributed by atoms with Crippen LogP contribution in [0, 0.1) is 6.92 Å². The van der Waals surface area contributed by atoms with Crippen LogP contribution in [-0.4, -0.2) is 15.2 Å². The molecule has 0 radical (unpaired) electrons. The van der Waals surface area contributed by atoms with Gasteiger partial charge in [-0.05, 0) is 44.8 Å². The largest absolute Gasteiger partial charge is 0.365 e. The Balaban J connectivity index is 2.08. The van der Waals surface area contributed by atoms with Gasteiger partial charge in [-0.25, -0.2) is 4.98 Å². The Morgan fingerprint density at radius 3 is 2.81 bits per heavy atom. The fourth-order valence-corrected chi connectivity index (χ4v) is 2.41. The number of hydrogen-bond acceptors (Lipinski definition) is 3. The Bertz CT molecular complexity index is 495. The fourth-order valence-electron chi connectivity index (χ4n) is 1.28. The molecule has 2 rings (SSSR count). The molecule has 0 saturated carbocycles. The molecule has 6 heteroatoms. The Morgan fingerprint density at radius 2 is 2.19 bits per heavy atom. The molecule has 0 aromatic carbocycles. The van der Waals surface area contributed by atoms with Crippen LogP contribution in [0.3, 0.4) is 0 Å². The summed E-state index contributed by atoms with van der Waals surface area (Å²) in [4.78, 5) is 4.27. The van der Waals surface area contributed by atoms with Gasteiger partial charge in [0.1, 0.15) is 5.82 Å². The first-order chi connectivity index (χ1) is 7.66. The van der Waals surface area contributed by atoms with Crippen LogP contribution in [0.4, 0.5) is 5.82 Å². The van der Waals surface area contributed by atoms with Crippen molar-refractivity contribution in [2.45, 2.75) is 13.5 Å². The van der Waals surface area contributed by atoms with Crippen molar-refractivity contribution in [3.63, 3.8) is 0 Å². The van der Waals surface area contributed by atoms with Gasteiger partial charge in [0.25, 0.3) is 0 Å². The topological polar surface area (TPSA) is 53.6 Å². The highest BCUT2D eigenvalue weighted by Crippen LogP contribution is 2.23. The minimum Gasteiger partial charge on any atom is -0.365 e. The van der Waals surface area contributed by atoms with Crippen LogP contribution in [0.25, 0.3) is 0 Å². The second-order valence-electron chi connectivity index (χ2n) is 3.36. The number of nitrogens with one attached hydrogen (secondary N) is 2. The smallest absolute Gasteiger partial charge is 0.140 e. The maximum Gasteiger partial charge on any atom is 0.140 e. The lowest BCUT2D eigenvalue weighted by Crippen LogP contribution is -2.02. The van der Waals surface area contributed by atoms with Gasteiger partial charge in [0, 0.05) is 28.5 Å². The van der Waals surface area contributed by atoms with E-state index in [2.05, 4.69) is 52.4 Å². The van der Waals surface area contributed by atoms with Crippen molar-refractivity contribution in [3.8, 4) is 0 Å². The van der Waals surface area contributed by atoms with Gasteiger partial charge in [-0.1, -0.05) is 0 Å². The van der Waals surface area contributed by atoms with E-state index < -0.39 is 0 Å². The third-order valence-corrected chi connectivity index (χ3v) is 3.23. The molecule has 0 aliphatic rings. The summed E-state index contributed by atoms with van der Waals surface area (Å²) in [6, 6.07) is 1.96. The van der Waals surface area contributed by atoms with Crippen molar-refractivity contribution in [2.75, 3.05) is 5.32 Å². The van der Waals surface area contributed by atoms with Crippen LogP contribution < -0.4 is 5.32 Å². The molecule has 0 bridgehead atoms. The monoisotopic (exact) mass is 344 g/mol. The lowest BCUT2D eigenvalue weighted by Gasteiger charge is -2.06. The van der Waals surface area contributed by atoms with Crippen LogP contribution in [0.5, 0.6) is 0 Å². The molecule has 4 nitrogen and oxygen atoms in total. The summed E-state index contributed by atoms with van der Waals surface area (Å²) in [5, 5.41) is 10.1. The second-order valence-corrected chi connectivity index (χ2v) is 5.13. The van der Waals surface area contributed by atoms with E-state index in [1.807, 2.05) is 19.2 Å². The van der Waals surface area contributed by atoms with Crippen molar-refractivity contribution in [1.29, 1.82) is 0 Å². The molecule has 2 N–H and O–H groups in total. The Kier molecular flexibility index (Phi) is 3.60. The predicted octanol–water partition coefficient (Wildman–Crippen LogP) is 3.25. The highest BCUT2D eigenvalue weighted by molar-refractivity contribution is 9.11. The van der Waals surface area contributed by atoms with E-state index in [0.717, 1.165) is 26.0 Å². The minimum absolute atomic E-state index is 0.704. The molecule has 0 aliphatic carbocycles. The molecule has 84 valence electrons. The van der Waals surface area contributed by atoms with Gasteiger partial charge in [-0.2, -0.15) is 5.10 Å². The van der Waals surface area contributed by atoms with Crippen LogP contribution in [0.2, 0.25) is 0 Å². The van der Waals surface area contributed by atoms with Crippen molar-refractivity contribution in [2.24, 2.45) is 0 Å². The number of aromatic amines is 1. The number of aryl methyl sites for hydroxylation is 1. The van der Waals surface area contributed by atoms with Crippen molar-refractivity contribution in [1.82, 2.24) is 15.2 Å². The summed E-state index contributed by atoms with van der Waals surface area (Å²) in [5.41, 5.74) is 2.21. The molecule has 0 amide bonds. The number of H-pyrrole nitrogens is 1. The third kappa shape index (κ3) is 2.62. The summed E-state index contributed by atoms with van der Waals surface area (Å²) in [7, 11) is 0. The van der Waals surface area contributed by atoms with Gasteiger partial charge < -0.3 is 5.32 Å². The van der Waals surface area contributed by atoms with Gasteiger partial charge in [0.05, 0.1) is 10.7 Å². The summed E-state index contributed by atoms with van der Waals surface area (Å²) in [6.45, 7) is 2.70. The zero-order valence-electron chi connectivity index (χ0n) is 8.59. The number of hydrogen-bond donors (Lipinski definition) is 2. The number of halogens is 2. The van der Waals surface area contributed by atoms with Crippen LogP contribution in [-0.2, 0) is 6.54 Å². The molecule has 0 saturated heterocycles. The maximum atomic E-state index is 4.27. The zero-order chi connectivity index (χ0) is 11.5. The highest BCUT2D eigenvalue weighted by atomic mass is 79.9. The quantitative estimate of drug-likeness (QED) is 0.897. The van der Waals surface area contributed by atoms with Gasteiger partial charge in [-0.15, -0.1) is 0 Å². The molecule has 2 heterocycles. The lowest BCUT2D eigenvalue weighted by atomic mass is 10.2. The molecule has 0 atom stereocenters. The molecule has 16 heavy (non-hydrogen) atoms. The van der Waals surface area contributed by atoms with Crippen molar-refractivity contribution >= 4 is 37.7 Å². The Labute approximate surface area is 110 Å². The zero-order valence-corrected chi connectivity index (χ0v) is 11.8. The average Bonchev–Trinajstić information content (AvgIpc) is 2.63. The van der Waals surface area contributed by atoms with E-state index in [4.69, 9.17) is 0 Å². The van der Waals surface area contributed by atoms with Crippen LogP contribution in [0.1, 0.15) is 11.3 Å². The first-order valence-corrected chi connectivity index (χ1v) is 6.29. The van der Waals surface area contributed by atoms with E-state index in [-0.39, 0.29) is 0 Å². The number of anilines is 1. The van der Waals surface area contributed by atoms with E-state index in [1.165, 1.54) is 0 Å². The summed E-state index contributed by atoms with van der Waals surface area (Å²) in [5.74, 6) is 0.823. The van der Waals surface area contributed by atoms with E-state index in [0.29, 0.717) is 6.54 Å². The van der Waals surface area contributed by atoms with E-state index in [1.54, 1.807) is 6.20 Å². The van der Waals surface area contributed by atoms with Crippen LogP contribution in [0.15, 0.2) is 27.4 Å². The van der Waals surface area contributed by atoms with Gasteiger partial charge >= 0.3 is 0 Å². The number of aromatic nitrogens is 3. The predicted molar refractivity (Wildman–Crippen MR) is 70.3 cm³/mol. The SMILES string of the molecule is Cc1[nH]ncc1CNc1ncc(Br)cc1Br. The van der Waals surface area contributed by atoms with Gasteiger partial charge in [0.2, 0.25) is 0 Å². The van der Waals surface area contributed by atoms with Crippen LogP contribution >= 0.6 is 31.9 Å². The standard InChI is InChI=1S/C10H10Br2N4/c1-6-7(4-15-16-6)3-13-10-9(12)2-8(11)5-14-10/h2,4-5H,3H2,1H3,(H,13,14)(H,15,16). The molecule has 0 unspecified atom stereocenters. The molecule has 2 aromatic rings. The fraction of sp³-hybridized carbons (Fsp3) is 0.200. The number of nitrogens with zero attached hydrogens (tertiary/aromatic N) is 2. The average molecular weight is 346 g/mol. The number of rotatable bonds is 3. The normalized spacial score (nSPS) is 10.4. The minimum atomic E-state index is 0.704. The highest BCUT2D eigenvalue weighted by Gasteiger charge is 2.04. The van der Waals surface area contributed by atoms with Gasteiger partial charge in [-0.3, -0.25) is 5.10 Å². The Morgan fingerprint density at radius 1 is 1.38 bits per heavy atom. The molecule has 0 fully saturated rings.